The Morgan fingerprint density at radius 1 is 1.09 bits per heavy atom. The molecule has 0 radical (unpaired) electrons. The van der Waals surface area contributed by atoms with Gasteiger partial charge in [0.15, 0.2) is 0 Å². The van der Waals surface area contributed by atoms with Crippen molar-refractivity contribution in [3.63, 3.8) is 0 Å². The van der Waals surface area contributed by atoms with Gasteiger partial charge in [-0.2, -0.15) is 11.8 Å². The second-order valence-electron chi connectivity index (χ2n) is 6.42. The zero-order valence-electron chi connectivity index (χ0n) is 13.4. The average Bonchev–Trinajstić information content (AvgIpc) is 3.08. The van der Waals surface area contributed by atoms with Crippen molar-refractivity contribution in [2.24, 2.45) is 5.92 Å². The van der Waals surface area contributed by atoms with Gasteiger partial charge in [0.05, 0.1) is 0 Å². The molecule has 3 rings (SSSR count). The van der Waals surface area contributed by atoms with Crippen LogP contribution < -0.4 is 5.32 Å². The molecule has 124 valence electrons. The van der Waals surface area contributed by atoms with Crippen molar-refractivity contribution in [1.82, 2.24) is 10.2 Å². The third-order valence-corrected chi connectivity index (χ3v) is 5.97. The van der Waals surface area contributed by atoms with Crippen LogP contribution in [-0.2, 0) is 5.75 Å². The first-order valence-electron chi connectivity index (χ1n) is 8.49. The molecule has 0 bridgehead atoms. The SMILES string of the molecule is Cl.c1ccc(CSCCN2CCC(C3CCCN3)CC2)cc1. The van der Waals surface area contributed by atoms with Gasteiger partial charge in [-0.3, -0.25) is 0 Å². The molecule has 2 aliphatic heterocycles. The van der Waals surface area contributed by atoms with Crippen molar-refractivity contribution in [3.8, 4) is 0 Å². The molecule has 2 nitrogen and oxygen atoms in total. The monoisotopic (exact) mass is 340 g/mol. The number of halogens is 1. The summed E-state index contributed by atoms with van der Waals surface area (Å²) in [5.41, 5.74) is 1.45. The van der Waals surface area contributed by atoms with Crippen molar-refractivity contribution in [2.45, 2.75) is 37.5 Å². The van der Waals surface area contributed by atoms with Crippen molar-refractivity contribution in [2.75, 3.05) is 31.9 Å². The second-order valence-corrected chi connectivity index (χ2v) is 7.53. The quantitative estimate of drug-likeness (QED) is 0.793. The van der Waals surface area contributed by atoms with Gasteiger partial charge in [0.2, 0.25) is 0 Å². The lowest BCUT2D eigenvalue weighted by Crippen LogP contribution is -2.41. The number of hydrogen-bond donors (Lipinski definition) is 1. The summed E-state index contributed by atoms with van der Waals surface area (Å²) in [5.74, 6) is 3.37. The maximum absolute atomic E-state index is 3.69. The number of rotatable bonds is 6. The Balaban J connectivity index is 0.00000176. The summed E-state index contributed by atoms with van der Waals surface area (Å²) in [5, 5.41) is 3.69. The van der Waals surface area contributed by atoms with Crippen LogP contribution in [0.4, 0.5) is 0 Å². The molecule has 1 N–H and O–H groups in total. The maximum Gasteiger partial charge on any atom is 0.0185 e. The van der Waals surface area contributed by atoms with Crippen LogP contribution in [0.15, 0.2) is 30.3 Å². The Hall–Kier alpha value is -0.220. The molecule has 2 fully saturated rings. The normalized spacial score (nSPS) is 23.4. The summed E-state index contributed by atoms with van der Waals surface area (Å²) >= 11 is 2.07. The van der Waals surface area contributed by atoms with Gasteiger partial charge in [-0.25, -0.2) is 0 Å². The topological polar surface area (TPSA) is 15.3 Å². The molecule has 2 aliphatic rings. The molecule has 2 saturated heterocycles. The molecule has 0 aliphatic carbocycles. The lowest BCUT2D eigenvalue weighted by Gasteiger charge is -2.34. The Morgan fingerprint density at radius 2 is 1.86 bits per heavy atom. The number of piperidine rings is 1. The molecule has 1 unspecified atom stereocenters. The molecule has 1 aromatic carbocycles. The molecule has 0 amide bonds. The van der Waals surface area contributed by atoms with E-state index in [1.165, 1.54) is 63.2 Å². The van der Waals surface area contributed by atoms with Crippen LogP contribution in [0.2, 0.25) is 0 Å². The zero-order valence-corrected chi connectivity index (χ0v) is 15.0. The van der Waals surface area contributed by atoms with E-state index in [2.05, 4.69) is 52.3 Å². The first-order valence-corrected chi connectivity index (χ1v) is 9.65. The van der Waals surface area contributed by atoms with E-state index in [-0.39, 0.29) is 12.4 Å². The highest BCUT2D eigenvalue weighted by atomic mass is 35.5. The van der Waals surface area contributed by atoms with Crippen molar-refractivity contribution in [3.05, 3.63) is 35.9 Å². The summed E-state index contributed by atoms with van der Waals surface area (Å²) in [6.07, 6.45) is 5.61. The summed E-state index contributed by atoms with van der Waals surface area (Å²) in [4.78, 5) is 2.67. The minimum Gasteiger partial charge on any atom is -0.314 e. The zero-order chi connectivity index (χ0) is 14.3. The average molecular weight is 341 g/mol. The number of hydrogen-bond acceptors (Lipinski definition) is 3. The number of nitrogens with zero attached hydrogens (tertiary/aromatic N) is 1. The molecule has 22 heavy (non-hydrogen) atoms. The van der Waals surface area contributed by atoms with Crippen LogP contribution in [0.1, 0.15) is 31.2 Å². The van der Waals surface area contributed by atoms with Crippen molar-refractivity contribution < 1.29 is 0 Å². The summed E-state index contributed by atoms with van der Waals surface area (Å²) < 4.78 is 0. The van der Waals surface area contributed by atoms with E-state index in [1.54, 1.807) is 0 Å². The van der Waals surface area contributed by atoms with Gasteiger partial charge in [0.1, 0.15) is 0 Å². The van der Waals surface area contributed by atoms with Crippen molar-refractivity contribution in [1.29, 1.82) is 0 Å². The molecule has 2 heterocycles. The number of benzene rings is 1. The fraction of sp³-hybridized carbons (Fsp3) is 0.667. The maximum atomic E-state index is 3.69. The Kier molecular flexibility index (Phi) is 8.09. The van der Waals surface area contributed by atoms with Crippen LogP contribution >= 0.6 is 24.2 Å². The highest BCUT2D eigenvalue weighted by Gasteiger charge is 2.27. The van der Waals surface area contributed by atoms with E-state index in [9.17, 15) is 0 Å². The molecule has 0 saturated carbocycles. The Bertz CT molecular complexity index is 401. The lowest BCUT2D eigenvalue weighted by molar-refractivity contribution is 0.171. The predicted molar refractivity (Wildman–Crippen MR) is 100 cm³/mol. The summed E-state index contributed by atoms with van der Waals surface area (Å²) in [6, 6.07) is 11.7. The predicted octanol–water partition coefficient (Wildman–Crippen LogP) is 3.81. The highest BCUT2D eigenvalue weighted by molar-refractivity contribution is 7.98. The van der Waals surface area contributed by atoms with Gasteiger partial charge in [-0.1, -0.05) is 30.3 Å². The van der Waals surface area contributed by atoms with Gasteiger partial charge >= 0.3 is 0 Å². The van der Waals surface area contributed by atoms with Crippen LogP contribution in [0.25, 0.3) is 0 Å². The third kappa shape index (κ3) is 5.45. The van der Waals surface area contributed by atoms with Crippen LogP contribution in [0.5, 0.6) is 0 Å². The second kappa shape index (κ2) is 9.82. The fourth-order valence-electron chi connectivity index (χ4n) is 3.65. The van der Waals surface area contributed by atoms with E-state index < -0.39 is 0 Å². The minimum atomic E-state index is 0. The van der Waals surface area contributed by atoms with E-state index in [4.69, 9.17) is 0 Å². The van der Waals surface area contributed by atoms with Crippen LogP contribution in [0, 0.1) is 5.92 Å². The largest absolute Gasteiger partial charge is 0.314 e. The van der Waals surface area contributed by atoms with E-state index >= 15 is 0 Å². The minimum absolute atomic E-state index is 0. The van der Waals surface area contributed by atoms with Gasteiger partial charge in [-0.15, -0.1) is 12.4 Å². The van der Waals surface area contributed by atoms with Crippen LogP contribution in [-0.4, -0.2) is 42.9 Å². The lowest BCUT2D eigenvalue weighted by atomic mass is 9.88. The van der Waals surface area contributed by atoms with Gasteiger partial charge in [-0.05, 0) is 56.8 Å². The Labute approximate surface area is 145 Å². The number of thioether (sulfide) groups is 1. The molecule has 1 aromatic rings. The number of likely N-dealkylation sites (tertiary alicyclic amines) is 1. The molecule has 1 atom stereocenters. The fourth-order valence-corrected chi connectivity index (χ4v) is 4.61. The van der Waals surface area contributed by atoms with Gasteiger partial charge < -0.3 is 10.2 Å². The van der Waals surface area contributed by atoms with Gasteiger partial charge in [0, 0.05) is 24.1 Å². The Morgan fingerprint density at radius 3 is 2.55 bits per heavy atom. The third-order valence-electron chi connectivity index (χ3n) is 4.96. The standard InChI is InChI=1S/C18H28N2S.ClH/c1-2-5-16(6-3-1)15-21-14-13-20-11-8-17(9-12-20)18-7-4-10-19-18;/h1-3,5-6,17-19H,4,7-15H2;1H. The van der Waals surface area contributed by atoms with E-state index in [0.29, 0.717) is 0 Å². The summed E-state index contributed by atoms with van der Waals surface area (Å²) in [6.45, 7) is 5.15. The number of nitrogens with one attached hydrogen (secondary N) is 1. The van der Waals surface area contributed by atoms with Crippen LogP contribution in [0.3, 0.4) is 0 Å². The highest BCUT2D eigenvalue weighted by Crippen LogP contribution is 2.25. The first kappa shape index (κ1) is 18.1. The van der Waals surface area contributed by atoms with E-state index in [1.807, 2.05) is 0 Å². The molecule has 4 heteroatoms. The molecular weight excluding hydrogens is 312 g/mol. The van der Waals surface area contributed by atoms with Gasteiger partial charge in [0.25, 0.3) is 0 Å². The molecule has 0 spiro atoms. The van der Waals surface area contributed by atoms with Crippen molar-refractivity contribution >= 4 is 24.2 Å². The van der Waals surface area contributed by atoms with E-state index in [0.717, 1.165) is 17.7 Å². The summed E-state index contributed by atoms with van der Waals surface area (Å²) in [7, 11) is 0. The smallest absolute Gasteiger partial charge is 0.0185 e. The molecular formula is C18H29ClN2S. The first-order chi connectivity index (χ1) is 10.4. The molecule has 0 aromatic heterocycles.